The molecule has 2 aromatic rings. The lowest BCUT2D eigenvalue weighted by molar-refractivity contribution is -0.0210. The second kappa shape index (κ2) is 7.19. The molecular formula is C17H19N3O3. The van der Waals surface area contributed by atoms with Gasteiger partial charge >= 0.3 is 0 Å². The molecule has 0 bridgehead atoms. The molecule has 0 unspecified atom stereocenters. The van der Waals surface area contributed by atoms with Crippen molar-refractivity contribution in [1.82, 2.24) is 14.9 Å². The van der Waals surface area contributed by atoms with Crippen LogP contribution in [0.1, 0.15) is 16.1 Å². The van der Waals surface area contributed by atoms with Gasteiger partial charge in [-0.2, -0.15) is 0 Å². The zero-order valence-corrected chi connectivity index (χ0v) is 13.0. The van der Waals surface area contributed by atoms with Crippen molar-refractivity contribution in [2.24, 2.45) is 0 Å². The van der Waals surface area contributed by atoms with Crippen molar-refractivity contribution < 1.29 is 14.3 Å². The highest BCUT2D eigenvalue weighted by atomic mass is 16.5. The number of amides is 1. The third-order valence-electron chi connectivity index (χ3n) is 3.81. The van der Waals surface area contributed by atoms with E-state index in [1.54, 1.807) is 18.2 Å². The molecule has 120 valence electrons. The van der Waals surface area contributed by atoms with Crippen molar-refractivity contribution in [3.63, 3.8) is 0 Å². The number of morpholine rings is 1. The lowest BCUT2D eigenvalue weighted by Crippen LogP contribution is -2.46. The van der Waals surface area contributed by atoms with E-state index in [2.05, 4.69) is 9.97 Å². The van der Waals surface area contributed by atoms with E-state index in [4.69, 9.17) is 9.47 Å². The van der Waals surface area contributed by atoms with Gasteiger partial charge < -0.3 is 14.4 Å². The second-order valence-electron chi connectivity index (χ2n) is 5.39. The van der Waals surface area contributed by atoms with E-state index in [9.17, 15) is 4.79 Å². The topological polar surface area (TPSA) is 64.5 Å². The summed E-state index contributed by atoms with van der Waals surface area (Å²) >= 11 is 0. The summed E-state index contributed by atoms with van der Waals surface area (Å²) in [7, 11) is 1.65. The molecule has 0 saturated carbocycles. The number of benzene rings is 1. The number of nitrogens with zero attached hydrogens (tertiary/aromatic N) is 3. The SMILES string of the molecule is COc1cccc(C[C@H]2CN(C(=O)c3cnccn3)CCO2)c1. The van der Waals surface area contributed by atoms with E-state index in [-0.39, 0.29) is 12.0 Å². The molecule has 6 heteroatoms. The maximum Gasteiger partial charge on any atom is 0.274 e. The average Bonchev–Trinajstić information content (AvgIpc) is 2.62. The zero-order chi connectivity index (χ0) is 16.1. The van der Waals surface area contributed by atoms with E-state index in [0.29, 0.717) is 25.4 Å². The van der Waals surface area contributed by atoms with Gasteiger partial charge in [0.15, 0.2) is 0 Å². The molecule has 1 amide bonds. The van der Waals surface area contributed by atoms with Gasteiger partial charge in [-0.05, 0) is 17.7 Å². The molecule has 1 aromatic carbocycles. The third-order valence-corrected chi connectivity index (χ3v) is 3.81. The summed E-state index contributed by atoms with van der Waals surface area (Å²) in [5, 5.41) is 0. The number of hydrogen-bond acceptors (Lipinski definition) is 5. The first-order valence-corrected chi connectivity index (χ1v) is 7.56. The Hall–Kier alpha value is -2.47. The fourth-order valence-electron chi connectivity index (χ4n) is 2.66. The highest BCUT2D eigenvalue weighted by Crippen LogP contribution is 2.17. The molecule has 0 spiro atoms. The molecule has 1 atom stereocenters. The fourth-order valence-corrected chi connectivity index (χ4v) is 2.66. The minimum absolute atomic E-state index is 0.0310. The summed E-state index contributed by atoms with van der Waals surface area (Å²) in [6.07, 6.45) is 5.29. The van der Waals surface area contributed by atoms with Gasteiger partial charge in [-0.1, -0.05) is 12.1 Å². The summed E-state index contributed by atoms with van der Waals surface area (Å²) in [5.41, 5.74) is 1.50. The maximum atomic E-state index is 12.4. The number of methoxy groups -OCH3 is 1. The van der Waals surface area contributed by atoms with Gasteiger partial charge in [0.25, 0.3) is 5.91 Å². The predicted molar refractivity (Wildman–Crippen MR) is 84.4 cm³/mol. The van der Waals surface area contributed by atoms with Gasteiger partial charge in [0.1, 0.15) is 11.4 Å². The molecule has 3 rings (SSSR count). The normalized spacial score (nSPS) is 17.8. The Labute approximate surface area is 135 Å². The van der Waals surface area contributed by atoms with Crippen molar-refractivity contribution in [2.75, 3.05) is 26.8 Å². The van der Waals surface area contributed by atoms with E-state index in [1.165, 1.54) is 12.4 Å². The van der Waals surface area contributed by atoms with Crippen LogP contribution in [0.5, 0.6) is 5.75 Å². The van der Waals surface area contributed by atoms with Gasteiger partial charge in [-0.25, -0.2) is 4.98 Å². The average molecular weight is 313 g/mol. The van der Waals surface area contributed by atoms with Crippen LogP contribution in [0.2, 0.25) is 0 Å². The van der Waals surface area contributed by atoms with E-state index in [0.717, 1.165) is 17.7 Å². The first-order chi connectivity index (χ1) is 11.3. The summed E-state index contributed by atoms with van der Waals surface area (Å²) in [4.78, 5) is 22.2. The Kier molecular flexibility index (Phi) is 4.83. The quantitative estimate of drug-likeness (QED) is 0.857. The van der Waals surface area contributed by atoms with Crippen LogP contribution in [0.4, 0.5) is 0 Å². The van der Waals surface area contributed by atoms with Crippen molar-refractivity contribution in [1.29, 1.82) is 0 Å². The Morgan fingerprint density at radius 2 is 2.35 bits per heavy atom. The first kappa shape index (κ1) is 15.4. The molecule has 2 heterocycles. The monoisotopic (exact) mass is 313 g/mol. The van der Waals surface area contributed by atoms with Gasteiger partial charge in [-0.3, -0.25) is 9.78 Å². The summed E-state index contributed by atoms with van der Waals surface area (Å²) in [6.45, 7) is 1.65. The van der Waals surface area contributed by atoms with Crippen molar-refractivity contribution >= 4 is 5.91 Å². The minimum atomic E-state index is -0.1000. The van der Waals surface area contributed by atoms with Crippen LogP contribution in [0.3, 0.4) is 0 Å². The Bertz CT molecular complexity index is 663. The molecule has 6 nitrogen and oxygen atoms in total. The highest BCUT2D eigenvalue weighted by Gasteiger charge is 2.26. The molecule has 1 fully saturated rings. The molecule has 1 aliphatic heterocycles. The van der Waals surface area contributed by atoms with Crippen LogP contribution in [0.15, 0.2) is 42.9 Å². The molecule has 0 N–H and O–H groups in total. The lowest BCUT2D eigenvalue weighted by atomic mass is 10.1. The van der Waals surface area contributed by atoms with Gasteiger partial charge in [0.05, 0.1) is 26.0 Å². The summed E-state index contributed by atoms with van der Waals surface area (Å²) in [5.74, 6) is 0.725. The van der Waals surface area contributed by atoms with E-state index < -0.39 is 0 Å². The minimum Gasteiger partial charge on any atom is -0.497 e. The largest absolute Gasteiger partial charge is 0.497 e. The molecule has 1 aromatic heterocycles. The number of carbonyl (C=O) groups excluding carboxylic acids is 1. The number of carbonyl (C=O) groups is 1. The van der Waals surface area contributed by atoms with Crippen LogP contribution in [-0.4, -0.2) is 53.7 Å². The number of aromatic nitrogens is 2. The molecule has 1 aliphatic rings. The number of ether oxygens (including phenoxy) is 2. The summed E-state index contributed by atoms with van der Waals surface area (Å²) in [6, 6.07) is 7.90. The number of hydrogen-bond donors (Lipinski definition) is 0. The van der Waals surface area contributed by atoms with Gasteiger partial charge in [0, 0.05) is 31.9 Å². The molecular weight excluding hydrogens is 294 g/mol. The second-order valence-corrected chi connectivity index (χ2v) is 5.39. The van der Waals surface area contributed by atoms with E-state index >= 15 is 0 Å². The van der Waals surface area contributed by atoms with Crippen LogP contribution < -0.4 is 4.74 Å². The smallest absolute Gasteiger partial charge is 0.274 e. The highest BCUT2D eigenvalue weighted by molar-refractivity contribution is 5.92. The maximum absolute atomic E-state index is 12.4. The zero-order valence-electron chi connectivity index (χ0n) is 13.0. The van der Waals surface area contributed by atoms with Crippen molar-refractivity contribution in [2.45, 2.75) is 12.5 Å². The molecule has 1 saturated heterocycles. The Balaban J connectivity index is 1.65. The van der Waals surface area contributed by atoms with E-state index in [1.807, 2.05) is 24.3 Å². The Morgan fingerprint density at radius 3 is 3.13 bits per heavy atom. The van der Waals surface area contributed by atoms with Crippen LogP contribution in [-0.2, 0) is 11.2 Å². The van der Waals surface area contributed by atoms with Crippen LogP contribution in [0.25, 0.3) is 0 Å². The van der Waals surface area contributed by atoms with Crippen molar-refractivity contribution in [3.8, 4) is 5.75 Å². The molecule has 0 aliphatic carbocycles. The van der Waals surface area contributed by atoms with Crippen molar-refractivity contribution in [3.05, 3.63) is 54.1 Å². The lowest BCUT2D eigenvalue weighted by Gasteiger charge is -2.32. The Morgan fingerprint density at radius 1 is 1.43 bits per heavy atom. The predicted octanol–water partition coefficient (Wildman–Crippen LogP) is 1.57. The molecule has 23 heavy (non-hydrogen) atoms. The number of rotatable bonds is 4. The fraction of sp³-hybridized carbons (Fsp3) is 0.353. The standard InChI is InChI=1S/C17H19N3O3/c1-22-14-4-2-3-13(9-14)10-15-12-20(7-8-23-15)17(21)16-11-18-5-6-19-16/h2-6,9,11,15H,7-8,10,12H2,1H3/t15-/m0/s1. The molecule has 0 radical (unpaired) electrons. The third kappa shape index (κ3) is 3.84. The first-order valence-electron chi connectivity index (χ1n) is 7.56. The van der Waals surface area contributed by atoms with Crippen LogP contribution >= 0.6 is 0 Å². The van der Waals surface area contributed by atoms with Crippen LogP contribution in [0, 0.1) is 0 Å². The van der Waals surface area contributed by atoms with Gasteiger partial charge in [0.2, 0.25) is 0 Å². The van der Waals surface area contributed by atoms with Gasteiger partial charge in [-0.15, -0.1) is 0 Å². The summed E-state index contributed by atoms with van der Waals surface area (Å²) < 4.78 is 11.0.